The van der Waals surface area contributed by atoms with Crippen LogP contribution in [0.4, 0.5) is 22.0 Å². The van der Waals surface area contributed by atoms with Gasteiger partial charge >= 0.3 is 0 Å². The lowest BCUT2D eigenvalue weighted by molar-refractivity contribution is 0.357. The Bertz CT molecular complexity index is 536. The van der Waals surface area contributed by atoms with Crippen molar-refractivity contribution in [3.63, 3.8) is 0 Å². The smallest absolute Gasteiger partial charge is 0.200 e. The topological polar surface area (TPSA) is 34.1 Å². The van der Waals surface area contributed by atoms with Crippen molar-refractivity contribution >= 4 is 9.84 Å². The second kappa shape index (κ2) is 4.25. The molecular formula is C9H7F5O2S. The third-order valence-corrected chi connectivity index (χ3v) is 4.24. The summed E-state index contributed by atoms with van der Waals surface area (Å²) >= 11 is 0. The standard InChI is InChI=1S/C9H7F5O2S/c1-3(2)17(15,16)9-7(13)5(11)4(10)6(12)8(9)14/h3H,1-2H3. The Morgan fingerprint density at radius 3 is 1.35 bits per heavy atom. The summed E-state index contributed by atoms with van der Waals surface area (Å²) in [5.74, 6) is -11.6. The first kappa shape index (κ1) is 13.9. The number of benzene rings is 1. The highest BCUT2D eigenvalue weighted by molar-refractivity contribution is 7.92. The largest absolute Gasteiger partial charge is 0.223 e. The lowest BCUT2D eigenvalue weighted by atomic mass is 10.3. The van der Waals surface area contributed by atoms with Crippen LogP contribution in [0.5, 0.6) is 0 Å². The van der Waals surface area contributed by atoms with Crippen LogP contribution in [0, 0.1) is 29.1 Å². The van der Waals surface area contributed by atoms with E-state index in [1.807, 2.05) is 0 Å². The quantitative estimate of drug-likeness (QED) is 0.359. The molecule has 0 aliphatic heterocycles. The van der Waals surface area contributed by atoms with Crippen LogP contribution in [0.2, 0.25) is 0 Å². The van der Waals surface area contributed by atoms with Gasteiger partial charge in [0.05, 0.1) is 5.25 Å². The first-order chi connectivity index (χ1) is 7.62. The van der Waals surface area contributed by atoms with Crippen molar-refractivity contribution in [3.8, 4) is 0 Å². The lowest BCUT2D eigenvalue weighted by Crippen LogP contribution is -2.20. The Balaban J connectivity index is 3.80. The highest BCUT2D eigenvalue weighted by atomic mass is 32.2. The summed E-state index contributed by atoms with van der Waals surface area (Å²) in [7, 11) is -4.60. The van der Waals surface area contributed by atoms with Crippen molar-refractivity contribution in [2.24, 2.45) is 0 Å². The third-order valence-electron chi connectivity index (χ3n) is 2.07. The molecule has 1 aromatic rings. The van der Waals surface area contributed by atoms with E-state index in [0.29, 0.717) is 0 Å². The molecule has 0 radical (unpaired) electrons. The normalized spacial score (nSPS) is 12.2. The van der Waals surface area contributed by atoms with Crippen molar-refractivity contribution < 1.29 is 30.4 Å². The first-order valence-electron chi connectivity index (χ1n) is 4.37. The molecule has 0 unspecified atom stereocenters. The predicted octanol–water partition coefficient (Wildman–Crippen LogP) is 2.56. The summed E-state index contributed by atoms with van der Waals surface area (Å²) in [6.07, 6.45) is 0. The Morgan fingerprint density at radius 2 is 1.06 bits per heavy atom. The van der Waals surface area contributed by atoms with Gasteiger partial charge in [0.15, 0.2) is 33.1 Å². The molecule has 0 amide bonds. The van der Waals surface area contributed by atoms with Gasteiger partial charge in [-0.1, -0.05) is 0 Å². The summed E-state index contributed by atoms with van der Waals surface area (Å²) in [6, 6.07) is 0. The van der Waals surface area contributed by atoms with Crippen LogP contribution in [0.15, 0.2) is 4.90 Å². The van der Waals surface area contributed by atoms with E-state index in [2.05, 4.69) is 0 Å². The fraction of sp³-hybridized carbons (Fsp3) is 0.333. The zero-order valence-corrected chi connectivity index (χ0v) is 9.51. The minimum Gasteiger partial charge on any atom is -0.223 e. The molecule has 0 fully saturated rings. The molecule has 1 rings (SSSR count). The zero-order chi connectivity index (χ0) is 13.5. The minimum absolute atomic E-state index is 1.06. The van der Waals surface area contributed by atoms with Crippen LogP contribution in [0.25, 0.3) is 0 Å². The predicted molar refractivity (Wildman–Crippen MR) is 48.6 cm³/mol. The van der Waals surface area contributed by atoms with Gasteiger partial charge in [-0.25, -0.2) is 30.4 Å². The van der Waals surface area contributed by atoms with Crippen molar-refractivity contribution in [3.05, 3.63) is 29.1 Å². The molecule has 8 heteroatoms. The van der Waals surface area contributed by atoms with Gasteiger partial charge in [0, 0.05) is 0 Å². The fourth-order valence-electron chi connectivity index (χ4n) is 1.07. The maximum absolute atomic E-state index is 13.2. The van der Waals surface area contributed by atoms with E-state index < -0.39 is 49.1 Å². The van der Waals surface area contributed by atoms with Crippen LogP contribution < -0.4 is 0 Å². The van der Waals surface area contributed by atoms with Crippen molar-refractivity contribution in [1.29, 1.82) is 0 Å². The second-order valence-corrected chi connectivity index (χ2v) is 5.93. The first-order valence-corrected chi connectivity index (χ1v) is 5.92. The fourth-order valence-corrected chi connectivity index (χ4v) is 2.22. The van der Waals surface area contributed by atoms with Crippen LogP contribution in [-0.2, 0) is 9.84 Å². The molecular weight excluding hydrogens is 267 g/mol. The van der Waals surface area contributed by atoms with E-state index in [4.69, 9.17) is 0 Å². The molecule has 1 aromatic carbocycles. The lowest BCUT2D eigenvalue weighted by Gasteiger charge is -2.11. The molecule has 0 saturated carbocycles. The average Bonchev–Trinajstić information content (AvgIpc) is 2.23. The molecule has 2 nitrogen and oxygen atoms in total. The average molecular weight is 274 g/mol. The molecule has 0 spiro atoms. The van der Waals surface area contributed by atoms with Gasteiger partial charge < -0.3 is 0 Å². The van der Waals surface area contributed by atoms with Gasteiger partial charge in [0.2, 0.25) is 5.82 Å². The van der Waals surface area contributed by atoms with E-state index in [0.717, 1.165) is 13.8 Å². The molecule has 0 heterocycles. The van der Waals surface area contributed by atoms with Crippen LogP contribution >= 0.6 is 0 Å². The maximum atomic E-state index is 13.2. The summed E-state index contributed by atoms with van der Waals surface area (Å²) in [5, 5.41) is -1.31. The van der Waals surface area contributed by atoms with Crippen LogP contribution in [0.1, 0.15) is 13.8 Å². The van der Waals surface area contributed by atoms with Crippen molar-refractivity contribution in [2.45, 2.75) is 24.0 Å². The van der Waals surface area contributed by atoms with E-state index >= 15 is 0 Å². The van der Waals surface area contributed by atoms with E-state index in [-0.39, 0.29) is 0 Å². The molecule has 0 bridgehead atoms. The van der Waals surface area contributed by atoms with Gasteiger partial charge in [0.1, 0.15) is 4.90 Å². The zero-order valence-electron chi connectivity index (χ0n) is 8.69. The molecule has 0 saturated heterocycles. The Kier molecular flexibility index (Phi) is 3.47. The minimum atomic E-state index is -4.60. The molecule has 0 aromatic heterocycles. The summed E-state index contributed by atoms with van der Waals surface area (Å²) in [4.78, 5) is -1.79. The van der Waals surface area contributed by atoms with E-state index in [1.54, 1.807) is 0 Å². The van der Waals surface area contributed by atoms with Crippen molar-refractivity contribution in [1.82, 2.24) is 0 Å². The highest BCUT2D eigenvalue weighted by Crippen LogP contribution is 2.28. The molecule has 0 aliphatic carbocycles. The second-order valence-electron chi connectivity index (χ2n) is 3.49. The van der Waals surface area contributed by atoms with Crippen LogP contribution in [0.3, 0.4) is 0 Å². The van der Waals surface area contributed by atoms with E-state index in [9.17, 15) is 30.4 Å². The van der Waals surface area contributed by atoms with Crippen LogP contribution in [-0.4, -0.2) is 13.7 Å². The summed E-state index contributed by atoms with van der Waals surface area (Å²) < 4.78 is 87.4. The van der Waals surface area contributed by atoms with Gasteiger partial charge in [-0.15, -0.1) is 0 Å². The molecule has 0 aliphatic rings. The number of hydrogen-bond donors (Lipinski definition) is 0. The van der Waals surface area contributed by atoms with Gasteiger partial charge in [0.25, 0.3) is 0 Å². The Morgan fingerprint density at radius 1 is 0.765 bits per heavy atom. The Labute approximate surface area is 94.0 Å². The molecule has 17 heavy (non-hydrogen) atoms. The molecule has 96 valence electrons. The summed E-state index contributed by atoms with van der Waals surface area (Å²) in [5.41, 5.74) is 0. The molecule has 0 N–H and O–H groups in total. The Hall–Kier alpha value is -1.18. The van der Waals surface area contributed by atoms with Gasteiger partial charge in [-0.3, -0.25) is 0 Å². The molecule has 0 atom stereocenters. The number of hydrogen-bond acceptors (Lipinski definition) is 2. The number of rotatable bonds is 2. The highest BCUT2D eigenvalue weighted by Gasteiger charge is 2.34. The van der Waals surface area contributed by atoms with Gasteiger partial charge in [-0.05, 0) is 13.8 Å². The maximum Gasteiger partial charge on any atom is 0.200 e. The van der Waals surface area contributed by atoms with Gasteiger partial charge in [-0.2, -0.15) is 0 Å². The van der Waals surface area contributed by atoms with E-state index in [1.165, 1.54) is 0 Å². The number of sulfone groups is 1. The van der Waals surface area contributed by atoms with Crippen molar-refractivity contribution in [2.75, 3.05) is 0 Å². The SMILES string of the molecule is CC(C)S(=O)(=O)c1c(F)c(F)c(F)c(F)c1F. The monoisotopic (exact) mass is 274 g/mol. The summed E-state index contributed by atoms with van der Waals surface area (Å²) in [6.45, 7) is 2.13. The third kappa shape index (κ3) is 2.01. The number of halogens is 5.